The molecule has 1 aliphatic carbocycles. The number of hydrogen-bond donors (Lipinski definition) is 3. The quantitative estimate of drug-likeness (QED) is 0.340. The molecule has 3 aromatic heterocycles. The zero-order valence-electron chi connectivity index (χ0n) is 20.8. The molecule has 0 spiro atoms. The number of aromatic amines is 2. The number of H-pyrrole nitrogens is 2. The molecule has 5 rings (SSSR count). The highest BCUT2D eigenvalue weighted by atomic mass is 16.2. The number of aromatic nitrogens is 5. The van der Waals surface area contributed by atoms with Crippen molar-refractivity contribution < 1.29 is 5.11 Å². The molecule has 4 heterocycles. The van der Waals surface area contributed by atoms with Gasteiger partial charge in [-0.3, -0.25) is 24.4 Å². The largest absolute Gasteiger partial charge is 0.516 e. The van der Waals surface area contributed by atoms with Crippen LogP contribution in [0.25, 0.3) is 17.2 Å². The van der Waals surface area contributed by atoms with Gasteiger partial charge in [0.2, 0.25) is 0 Å². The average Bonchev–Trinajstić information content (AvgIpc) is 3.47. The van der Waals surface area contributed by atoms with Gasteiger partial charge in [0.15, 0.2) is 0 Å². The molecule has 9 heteroatoms. The molecule has 3 N–H and O–H groups in total. The average molecular weight is 499 g/mol. The van der Waals surface area contributed by atoms with Crippen LogP contribution in [0.4, 0.5) is 0 Å². The van der Waals surface area contributed by atoms with Crippen molar-refractivity contribution in [2.75, 3.05) is 19.6 Å². The molecule has 0 radical (unpaired) electrons. The Bertz CT molecular complexity index is 1520. The Morgan fingerprint density at radius 1 is 1.16 bits per heavy atom. The fourth-order valence-corrected chi connectivity index (χ4v) is 4.85. The number of fused-ring (bicyclic) bond motifs is 1. The Morgan fingerprint density at radius 2 is 1.95 bits per heavy atom. The first kappa shape index (κ1) is 24.5. The molecule has 0 atom stereocenters. The van der Waals surface area contributed by atoms with Gasteiger partial charge in [0.1, 0.15) is 5.69 Å². The minimum absolute atomic E-state index is 0.0582. The summed E-state index contributed by atoms with van der Waals surface area (Å²) in [6.07, 6.45) is 16.1. The maximum Gasteiger partial charge on any atom is 0.275 e. The molecule has 37 heavy (non-hydrogen) atoms. The van der Waals surface area contributed by atoms with E-state index in [4.69, 9.17) is 0 Å². The van der Waals surface area contributed by atoms with Crippen LogP contribution in [0.15, 0.2) is 64.7 Å². The van der Waals surface area contributed by atoms with E-state index in [1.165, 1.54) is 12.8 Å². The summed E-state index contributed by atoms with van der Waals surface area (Å²) in [6.45, 7) is 5.34. The maximum absolute atomic E-state index is 13.3. The molecule has 0 aromatic carbocycles. The minimum Gasteiger partial charge on any atom is -0.516 e. The molecule has 0 saturated carbocycles. The predicted octanol–water partition coefficient (Wildman–Crippen LogP) is 3.22. The van der Waals surface area contributed by atoms with Gasteiger partial charge in [-0.25, -0.2) is 4.98 Å². The smallest absolute Gasteiger partial charge is 0.275 e. The summed E-state index contributed by atoms with van der Waals surface area (Å²) in [6, 6.07) is 3.63. The summed E-state index contributed by atoms with van der Waals surface area (Å²) in [5.74, 6) is 0. The molecule has 0 bridgehead atoms. The van der Waals surface area contributed by atoms with Gasteiger partial charge in [0.25, 0.3) is 11.1 Å². The number of nitrogens with one attached hydrogen (secondary N) is 2. The van der Waals surface area contributed by atoms with Gasteiger partial charge in [-0.1, -0.05) is 18.2 Å². The second-order valence-electron chi connectivity index (χ2n) is 9.25. The summed E-state index contributed by atoms with van der Waals surface area (Å²) < 4.78 is 1.65. The normalized spacial score (nSPS) is 16.2. The van der Waals surface area contributed by atoms with Gasteiger partial charge in [-0.05, 0) is 74.7 Å². The summed E-state index contributed by atoms with van der Waals surface area (Å²) in [5, 5.41) is 12.7. The number of aliphatic hydroxyl groups is 1. The second-order valence-corrected chi connectivity index (χ2v) is 9.25. The van der Waals surface area contributed by atoms with Crippen LogP contribution in [0, 0.1) is 6.92 Å². The van der Waals surface area contributed by atoms with Crippen molar-refractivity contribution in [2.24, 2.45) is 0 Å². The van der Waals surface area contributed by atoms with Gasteiger partial charge in [0.05, 0.1) is 29.9 Å². The topological polar surface area (TPSA) is 120 Å². The molecule has 1 aliphatic heterocycles. The summed E-state index contributed by atoms with van der Waals surface area (Å²) >= 11 is 0. The van der Waals surface area contributed by atoms with E-state index < -0.39 is 0 Å². The Morgan fingerprint density at radius 3 is 2.70 bits per heavy atom. The first-order chi connectivity index (χ1) is 18.0. The standard InChI is InChI=1S/C28H30N6O3/c1-19-24(18-21(10-17-35)20-8-11-29-12-9-20)31-27(36)26(30-19)22-6-2-3-7-23-25(22)32-34(28(23)37)16-15-33-13-4-5-14-33/h2-3,6,8-12,17-18,32,35H,4-5,7,13-16H2,1H3,(H,31,36)/b17-10+,21-18+. The number of aryl methyl sites for hydroxylation is 1. The van der Waals surface area contributed by atoms with E-state index in [9.17, 15) is 14.7 Å². The van der Waals surface area contributed by atoms with Crippen LogP contribution < -0.4 is 11.1 Å². The lowest BCUT2D eigenvalue weighted by molar-refractivity contribution is 0.313. The van der Waals surface area contributed by atoms with Crippen molar-refractivity contribution in [2.45, 2.75) is 32.7 Å². The molecule has 3 aromatic rings. The van der Waals surface area contributed by atoms with Gasteiger partial charge in [-0.15, -0.1) is 0 Å². The van der Waals surface area contributed by atoms with E-state index in [0.717, 1.165) is 31.5 Å². The van der Waals surface area contributed by atoms with Crippen molar-refractivity contribution in [3.63, 3.8) is 0 Å². The van der Waals surface area contributed by atoms with Crippen LogP contribution in [-0.2, 0) is 13.0 Å². The lowest BCUT2D eigenvalue weighted by Gasteiger charge is -2.14. The van der Waals surface area contributed by atoms with Gasteiger partial charge in [-0.2, -0.15) is 0 Å². The molecule has 2 aliphatic rings. The highest BCUT2D eigenvalue weighted by Crippen LogP contribution is 2.25. The van der Waals surface area contributed by atoms with E-state index in [2.05, 4.69) is 25.0 Å². The number of hydrogen-bond acceptors (Lipinski definition) is 6. The summed E-state index contributed by atoms with van der Waals surface area (Å²) in [7, 11) is 0. The Hall–Kier alpha value is -4.24. The van der Waals surface area contributed by atoms with E-state index in [0.29, 0.717) is 46.8 Å². The minimum atomic E-state index is -0.364. The van der Waals surface area contributed by atoms with Crippen molar-refractivity contribution in [3.05, 3.63) is 110 Å². The molecule has 1 saturated heterocycles. The monoisotopic (exact) mass is 498 g/mol. The lowest BCUT2D eigenvalue weighted by Crippen LogP contribution is -2.28. The molecular formula is C28H30N6O3. The second kappa shape index (κ2) is 10.8. The van der Waals surface area contributed by atoms with Gasteiger partial charge in [0, 0.05) is 30.1 Å². The van der Waals surface area contributed by atoms with Crippen molar-refractivity contribution >= 4 is 17.2 Å². The molecule has 1 fully saturated rings. The highest BCUT2D eigenvalue weighted by Gasteiger charge is 2.23. The van der Waals surface area contributed by atoms with Crippen molar-refractivity contribution in [3.8, 4) is 0 Å². The Kier molecular flexibility index (Phi) is 7.14. The lowest BCUT2D eigenvalue weighted by atomic mass is 10.0. The third kappa shape index (κ3) is 5.17. The van der Waals surface area contributed by atoms with Crippen LogP contribution >= 0.6 is 0 Å². The van der Waals surface area contributed by atoms with E-state index in [1.807, 2.05) is 37.3 Å². The van der Waals surface area contributed by atoms with Crippen LogP contribution in [0.2, 0.25) is 0 Å². The van der Waals surface area contributed by atoms with Crippen LogP contribution in [0.5, 0.6) is 0 Å². The molecule has 0 amide bonds. The van der Waals surface area contributed by atoms with E-state index >= 15 is 0 Å². The zero-order valence-corrected chi connectivity index (χ0v) is 20.8. The number of aliphatic hydroxyl groups excluding tert-OH is 1. The fraction of sp³-hybridized carbons (Fsp3) is 0.286. The third-order valence-corrected chi connectivity index (χ3v) is 6.84. The number of allylic oxidation sites excluding steroid dienone is 5. The number of pyridine rings is 1. The molecule has 0 unspecified atom stereocenters. The SMILES string of the molecule is Cc1nc(C2=CC=CCc3c2[nH]n(CCN2CCCC2)c3=O)c(=O)[nH]c1/C=C(\C=C\O)c1ccncc1. The number of rotatable bonds is 7. The third-order valence-electron chi connectivity index (χ3n) is 6.84. The highest BCUT2D eigenvalue weighted by molar-refractivity contribution is 5.87. The maximum atomic E-state index is 13.3. The number of likely N-dealkylation sites (tertiary alicyclic amines) is 1. The van der Waals surface area contributed by atoms with Gasteiger partial charge >= 0.3 is 0 Å². The first-order valence-corrected chi connectivity index (χ1v) is 12.5. The van der Waals surface area contributed by atoms with E-state index in [1.54, 1.807) is 29.2 Å². The van der Waals surface area contributed by atoms with Crippen molar-refractivity contribution in [1.82, 2.24) is 29.6 Å². The van der Waals surface area contributed by atoms with Crippen LogP contribution in [0.1, 0.15) is 46.7 Å². The Labute approximate surface area is 214 Å². The predicted molar refractivity (Wildman–Crippen MR) is 144 cm³/mol. The molecule has 190 valence electrons. The van der Waals surface area contributed by atoms with Crippen LogP contribution in [0.3, 0.4) is 0 Å². The summed E-state index contributed by atoms with van der Waals surface area (Å²) in [5.41, 5.74) is 4.35. The fourth-order valence-electron chi connectivity index (χ4n) is 4.85. The molecule has 9 nitrogen and oxygen atoms in total. The zero-order chi connectivity index (χ0) is 25.8. The first-order valence-electron chi connectivity index (χ1n) is 12.5. The Balaban J connectivity index is 1.51. The van der Waals surface area contributed by atoms with Crippen molar-refractivity contribution in [1.29, 1.82) is 0 Å². The summed E-state index contributed by atoms with van der Waals surface area (Å²) in [4.78, 5) is 40.5. The van der Waals surface area contributed by atoms with Crippen LogP contribution in [-0.4, -0.2) is 54.4 Å². The van der Waals surface area contributed by atoms with Gasteiger partial charge < -0.3 is 15.0 Å². The van der Waals surface area contributed by atoms with E-state index in [-0.39, 0.29) is 16.8 Å². The number of nitrogens with zero attached hydrogens (tertiary/aromatic N) is 4. The molecular weight excluding hydrogens is 468 g/mol.